The van der Waals surface area contributed by atoms with Crippen molar-refractivity contribution in [2.45, 2.75) is 0 Å². The van der Waals surface area contributed by atoms with Gasteiger partial charge < -0.3 is 9.47 Å². The fourth-order valence-electron chi connectivity index (χ4n) is 1.79. The van der Waals surface area contributed by atoms with Crippen molar-refractivity contribution in [3.63, 3.8) is 0 Å². The van der Waals surface area contributed by atoms with Crippen LogP contribution in [0.2, 0.25) is 10.0 Å². The molecular formula is C16H14Cl2N2O3. The number of halogens is 2. The zero-order valence-corrected chi connectivity index (χ0v) is 14.0. The van der Waals surface area contributed by atoms with Crippen LogP contribution < -0.4 is 14.9 Å². The largest absolute Gasteiger partial charge is 0.497 e. The Morgan fingerprint density at radius 2 is 1.87 bits per heavy atom. The number of hydrogen-bond acceptors (Lipinski definition) is 4. The Morgan fingerprint density at radius 1 is 1.09 bits per heavy atom. The number of rotatable bonds is 5. The van der Waals surface area contributed by atoms with Gasteiger partial charge in [-0.3, -0.25) is 4.79 Å². The van der Waals surface area contributed by atoms with Crippen LogP contribution in [0, 0.1) is 0 Å². The summed E-state index contributed by atoms with van der Waals surface area (Å²) in [5.74, 6) is 0.850. The fourth-order valence-corrected chi connectivity index (χ4v) is 2.09. The van der Waals surface area contributed by atoms with Gasteiger partial charge >= 0.3 is 0 Å². The van der Waals surface area contributed by atoms with E-state index in [2.05, 4.69) is 10.5 Å². The minimum atomic E-state index is -0.396. The van der Waals surface area contributed by atoms with Gasteiger partial charge in [0.25, 0.3) is 5.91 Å². The normalized spacial score (nSPS) is 10.6. The van der Waals surface area contributed by atoms with Crippen LogP contribution >= 0.6 is 23.2 Å². The molecule has 0 saturated carbocycles. The van der Waals surface area contributed by atoms with E-state index in [0.717, 1.165) is 0 Å². The molecule has 2 aromatic rings. The van der Waals surface area contributed by atoms with Crippen LogP contribution in [-0.2, 0) is 0 Å². The Morgan fingerprint density at radius 3 is 2.52 bits per heavy atom. The SMILES string of the molecule is COc1ccc(/C=N/NC(=O)c2ccc(Cl)c(Cl)c2)c(OC)c1. The summed E-state index contributed by atoms with van der Waals surface area (Å²) in [6, 6.07) is 9.85. The minimum Gasteiger partial charge on any atom is -0.497 e. The maximum absolute atomic E-state index is 12.0. The van der Waals surface area contributed by atoms with Gasteiger partial charge in [-0.15, -0.1) is 0 Å². The molecule has 1 N–H and O–H groups in total. The van der Waals surface area contributed by atoms with Gasteiger partial charge in [0, 0.05) is 17.2 Å². The smallest absolute Gasteiger partial charge is 0.271 e. The number of methoxy groups -OCH3 is 2. The molecule has 0 spiro atoms. The van der Waals surface area contributed by atoms with Crippen molar-refractivity contribution in [3.05, 3.63) is 57.6 Å². The molecular weight excluding hydrogens is 339 g/mol. The van der Waals surface area contributed by atoms with Gasteiger partial charge in [0.15, 0.2) is 0 Å². The molecule has 0 fully saturated rings. The Bertz CT molecular complexity index is 748. The van der Waals surface area contributed by atoms with E-state index < -0.39 is 5.91 Å². The maximum atomic E-state index is 12.0. The zero-order chi connectivity index (χ0) is 16.8. The summed E-state index contributed by atoms with van der Waals surface area (Å²) in [6.07, 6.45) is 1.48. The van der Waals surface area contributed by atoms with Gasteiger partial charge in [0.1, 0.15) is 11.5 Å². The molecule has 5 nitrogen and oxygen atoms in total. The molecule has 2 aromatic carbocycles. The lowest BCUT2D eigenvalue weighted by molar-refractivity contribution is 0.0955. The van der Waals surface area contributed by atoms with Gasteiger partial charge in [-0.1, -0.05) is 23.2 Å². The Balaban J connectivity index is 2.09. The van der Waals surface area contributed by atoms with Gasteiger partial charge in [-0.2, -0.15) is 5.10 Å². The van der Waals surface area contributed by atoms with Gasteiger partial charge in [-0.05, 0) is 30.3 Å². The monoisotopic (exact) mass is 352 g/mol. The first-order valence-electron chi connectivity index (χ1n) is 6.55. The van der Waals surface area contributed by atoms with E-state index in [9.17, 15) is 4.79 Å². The molecule has 23 heavy (non-hydrogen) atoms. The van der Waals surface area contributed by atoms with Crippen molar-refractivity contribution in [2.24, 2.45) is 5.10 Å². The van der Waals surface area contributed by atoms with E-state index in [1.165, 1.54) is 12.3 Å². The molecule has 120 valence electrons. The number of carbonyl (C=O) groups is 1. The first-order chi connectivity index (χ1) is 11.0. The molecule has 0 aliphatic carbocycles. The second-order valence-corrected chi connectivity index (χ2v) is 5.25. The summed E-state index contributed by atoms with van der Waals surface area (Å²) in [6.45, 7) is 0. The van der Waals surface area contributed by atoms with E-state index in [1.54, 1.807) is 44.6 Å². The first-order valence-corrected chi connectivity index (χ1v) is 7.31. The number of nitrogens with zero attached hydrogens (tertiary/aromatic N) is 1. The van der Waals surface area contributed by atoms with Crippen LogP contribution in [0.5, 0.6) is 11.5 Å². The van der Waals surface area contributed by atoms with E-state index in [-0.39, 0.29) is 0 Å². The molecule has 1 amide bonds. The second-order valence-electron chi connectivity index (χ2n) is 4.44. The molecule has 2 rings (SSSR count). The van der Waals surface area contributed by atoms with Crippen LogP contribution in [-0.4, -0.2) is 26.3 Å². The molecule has 0 aliphatic rings. The molecule has 0 atom stereocenters. The molecule has 0 aliphatic heterocycles. The third-order valence-corrected chi connectivity index (χ3v) is 3.73. The predicted molar refractivity (Wildman–Crippen MR) is 91.1 cm³/mol. The highest BCUT2D eigenvalue weighted by Gasteiger charge is 2.07. The van der Waals surface area contributed by atoms with E-state index in [4.69, 9.17) is 32.7 Å². The summed E-state index contributed by atoms with van der Waals surface area (Å²) < 4.78 is 10.4. The van der Waals surface area contributed by atoms with Crippen molar-refractivity contribution in [3.8, 4) is 11.5 Å². The van der Waals surface area contributed by atoms with Crippen molar-refractivity contribution in [2.75, 3.05) is 14.2 Å². The summed E-state index contributed by atoms with van der Waals surface area (Å²) in [5, 5.41) is 4.60. The summed E-state index contributed by atoms with van der Waals surface area (Å²) >= 11 is 11.7. The number of benzene rings is 2. The third-order valence-electron chi connectivity index (χ3n) is 2.99. The van der Waals surface area contributed by atoms with Crippen molar-refractivity contribution in [1.29, 1.82) is 0 Å². The lowest BCUT2D eigenvalue weighted by atomic mass is 10.2. The number of nitrogens with one attached hydrogen (secondary N) is 1. The summed E-state index contributed by atoms with van der Waals surface area (Å²) in [4.78, 5) is 12.0. The van der Waals surface area contributed by atoms with Gasteiger partial charge in [0.05, 0.1) is 30.5 Å². The van der Waals surface area contributed by atoms with Crippen molar-refractivity contribution >= 4 is 35.3 Å². The van der Waals surface area contributed by atoms with E-state index in [1.807, 2.05) is 0 Å². The molecule has 0 radical (unpaired) electrons. The number of amides is 1. The standard InChI is InChI=1S/C16H14Cl2N2O3/c1-22-12-5-3-11(15(8-12)23-2)9-19-20-16(21)10-4-6-13(17)14(18)7-10/h3-9H,1-2H3,(H,20,21)/b19-9+. The van der Waals surface area contributed by atoms with Crippen LogP contribution in [0.25, 0.3) is 0 Å². The average molecular weight is 353 g/mol. The first kappa shape index (κ1) is 17.1. The number of hydrazone groups is 1. The molecule has 7 heteroatoms. The lowest BCUT2D eigenvalue weighted by Crippen LogP contribution is -2.17. The topological polar surface area (TPSA) is 59.9 Å². The predicted octanol–water partition coefficient (Wildman–Crippen LogP) is 3.77. The highest BCUT2D eigenvalue weighted by Crippen LogP contribution is 2.23. The van der Waals surface area contributed by atoms with E-state index >= 15 is 0 Å². The molecule has 0 heterocycles. The number of ether oxygens (including phenoxy) is 2. The van der Waals surface area contributed by atoms with E-state index in [0.29, 0.717) is 32.7 Å². The molecule has 0 unspecified atom stereocenters. The summed E-state index contributed by atoms with van der Waals surface area (Å²) in [7, 11) is 3.11. The zero-order valence-electron chi connectivity index (χ0n) is 12.5. The van der Waals surface area contributed by atoms with Crippen molar-refractivity contribution < 1.29 is 14.3 Å². The fraction of sp³-hybridized carbons (Fsp3) is 0.125. The van der Waals surface area contributed by atoms with Gasteiger partial charge in [-0.25, -0.2) is 5.43 Å². The van der Waals surface area contributed by atoms with Crippen molar-refractivity contribution in [1.82, 2.24) is 5.43 Å². The maximum Gasteiger partial charge on any atom is 0.271 e. The summed E-state index contributed by atoms with van der Waals surface area (Å²) in [5.41, 5.74) is 3.47. The van der Waals surface area contributed by atoms with Gasteiger partial charge in [0.2, 0.25) is 0 Å². The Hall–Kier alpha value is -2.24. The molecule has 0 saturated heterocycles. The van der Waals surface area contributed by atoms with Crippen LogP contribution in [0.1, 0.15) is 15.9 Å². The highest BCUT2D eigenvalue weighted by atomic mass is 35.5. The Kier molecular flexibility index (Phi) is 5.84. The number of carbonyl (C=O) groups excluding carboxylic acids is 1. The Labute approximate surface area is 143 Å². The van der Waals surface area contributed by atoms with Crippen LogP contribution in [0.4, 0.5) is 0 Å². The third kappa shape index (κ3) is 4.37. The molecule has 0 bridgehead atoms. The average Bonchev–Trinajstić information content (AvgIpc) is 2.57. The van der Waals surface area contributed by atoms with Crippen LogP contribution in [0.15, 0.2) is 41.5 Å². The van der Waals surface area contributed by atoms with Crippen LogP contribution in [0.3, 0.4) is 0 Å². The second kappa shape index (κ2) is 7.85. The minimum absolute atomic E-state index is 0.306. The molecule has 0 aromatic heterocycles. The quantitative estimate of drug-likeness (QED) is 0.658. The lowest BCUT2D eigenvalue weighted by Gasteiger charge is -2.07. The highest BCUT2D eigenvalue weighted by molar-refractivity contribution is 6.42. The number of hydrogen-bond donors (Lipinski definition) is 1.